The number of hydrogen-bond acceptors (Lipinski definition) is 3. The van der Waals surface area contributed by atoms with Gasteiger partial charge in [0, 0.05) is 17.7 Å². The quantitative estimate of drug-likeness (QED) is 0.894. The van der Waals surface area contributed by atoms with Crippen molar-refractivity contribution in [2.75, 3.05) is 6.54 Å². The van der Waals surface area contributed by atoms with Crippen LogP contribution in [0, 0.1) is 0 Å². The molecule has 4 heteroatoms. The molecule has 0 unspecified atom stereocenters. The van der Waals surface area contributed by atoms with Crippen LogP contribution in [0.5, 0.6) is 0 Å². The number of hydrogen-bond donors (Lipinski definition) is 1. The highest BCUT2D eigenvalue weighted by Gasteiger charge is 2.04. The van der Waals surface area contributed by atoms with E-state index in [-0.39, 0.29) is 0 Å². The van der Waals surface area contributed by atoms with Gasteiger partial charge in [-0.2, -0.15) is 0 Å². The maximum Gasteiger partial charge on any atom is 0.109 e. The zero-order valence-corrected chi connectivity index (χ0v) is 9.77. The minimum Gasteiger partial charge on any atom is -0.466 e. The Morgan fingerprint density at radius 2 is 2.00 bits per heavy atom. The number of rotatable bonds is 4. The predicted molar refractivity (Wildman–Crippen MR) is 63.6 cm³/mol. The third-order valence-corrected chi connectivity index (χ3v) is 3.32. The van der Waals surface area contributed by atoms with Crippen molar-refractivity contribution in [3.63, 3.8) is 0 Å². The minimum absolute atomic E-state index is 0.623. The highest BCUT2D eigenvalue weighted by molar-refractivity contribution is 7.16. The summed E-state index contributed by atoms with van der Waals surface area (Å²) in [5.41, 5.74) is 5.45. The van der Waals surface area contributed by atoms with E-state index in [4.69, 9.17) is 21.8 Å². The van der Waals surface area contributed by atoms with Gasteiger partial charge in [0.15, 0.2) is 0 Å². The molecule has 0 saturated carbocycles. The Morgan fingerprint density at radius 3 is 2.67 bits per heavy atom. The average Bonchev–Trinajstić information content (AvgIpc) is 2.78. The summed E-state index contributed by atoms with van der Waals surface area (Å²) in [5, 5.41) is 0. The molecule has 0 aliphatic rings. The van der Waals surface area contributed by atoms with Crippen LogP contribution in [-0.4, -0.2) is 6.54 Å². The maximum absolute atomic E-state index is 5.85. The largest absolute Gasteiger partial charge is 0.466 e. The number of furan rings is 1. The molecule has 0 atom stereocenters. The highest BCUT2D eigenvalue weighted by atomic mass is 35.5. The Labute approximate surface area is 97.7 Å². The van der Waals surface area contributed by atoms with Gasteiger partial charge in [-0.05, 0) is 30.8 Å². The molecule has 0 saturated heterocycles. The zero-order chi connectivity index (χ0) is 10.7. The van der Waals surface area contributed by atoms with Crippen LogP contribution in [0.3, 0.4) is 0 Å². The number of halogens is 1. The fourth-order valence-electron chi connectivity index (χ4n) is 1.41. The first-order valence-corrected chi connectivity index (χ1v) is 5.99. The molecular weight excluding hydrogens is 230 g/mol. The Balaban J connectivity index is 2.04. The van der Waals surface area contributed by atoms with Crippen LogP contribution >= 0.6 is 22.9 Å². The van der Waals surface area contributed by atoms with Crippen molar-refractivity contribution in [1.82, 2.24) is 0 Å². The van der Waals surface area contributed by atoms with Crippen molar-refractivity contribution in [2.24, 2.45) is 5.73 Å². The van der Waals surface area contributed by atoms with E-state index in [1.54, 1.807) is 11.3 Å². The highest BCUT2D eigenvalue weighted by Crippen LogP contribution is 2.24. The van der Waals surface area contributed by atoms with Crippen molar-refractivity contribution in [3.8, 4) is 0 Å². The molecule has 0 fully saturated rings. The molecule has 0 radical (unpaired) electrons. The molecule has 0 amide bonds. The van der Waals surface area contributed by atoms with Gasteiger partial charge in [-0.25, -0.2) is 0 Å². The first-order chi connectivity index (χ1) is 7.28. The summed E-state index contributed by atoms with van der Waals surface area (Å²) < 4.78 is 6.44. The maximum atomic E-state index is 5.85. The van der Waals surface area contributed by atoms with Gasteiger partial charge >= 0.3 is 0 Å². The Bertz CT molecular complexity index is 435. The van der Waals surface area contributed by atoms with Gasteiger partial charge in [0.25, 0.3) is 0 Å². The summed E-state index contributed by atoms with van der Waals surface area (Å²) >= 11 is 7.44. The first-order valence-electron chi connectivity index (χ1n) is 4.80. The fraction of sp³-hybridized carbons (Fsp3) is 0.273. The van der Waals surface area contributed by atoms with E-state index >= 15 is 0 Å². The summed E-state index contributed by atoms with van der Waals surface area (Å²) in [6, 6.07) is 7.92. The molecule has 0 spiro atoms. The Hall–Kier alpha value is -0.770. The molecule has 80 valence electrons. The van der Waals surface area contributed by atoms with Crippen LogP contribution in [0.1, 0.15) is 16.4 Å². The van der Waals surface area contributed by atoms with Gasteiger partial charge in [-0.1, -0.05) is 11.6 Å². The van der Waals surface area contributed by atoms with Crippen LogP contribution in [-0.2, 0) is 12.8 Å². The lowest BCUT2D eigenvalue weighted by Gasteiger charge is -1.93. The van der Waals surface area contributed by atoms with Gasteiger partial charge in [0.1, 0.15) is 11.5 Å². The van der Waals surface area contributed by atoms with Gasteiger partial charge in [0.2, 0.25) is 0 Å². The summed E-state index contributed by atoms with van der Waals surface area (Å²) in [6.45, 7) is 0.623. The lowest BCUT2D eigenvalue weighted by Crippen LogP contribution is -2.01. The van der Waals surface area contributed by atoms with Crippen LogP contribution in [0.2, 0.25) is 4.34 Å². The first kappa shape index (κ1) is 10.7. The Morgan fingerprint density at radius 1 is 1.20 bits per heavy atom. The van der Waals surface area contributed by atoms with Gasteiger partial charge in [-0.3, -0.25) is 0 Å². The molecule has 2 aromatic heterocycles. The van der Waals surface area contributed by atoms with E-state index in [0.29, 0.717) is 6.54 Å². The molecule has 2 aromatic rings. The minimum atomic E-state index is 0.623. The second-order valence-electron chi connectivity index (χ2n) is 3.29. The lowest BCUT2D eigenvalue weighted by atomic mass is 10.3. The molecule has 2 rings (SSSR count). The molecule has 2 heterocycles. The predicted octanol–water partition coefficient (Wildman–Crippen LogP) is 3.09. The van der Waals surface area contributed by atoms with Crippen molar-refractivity contribution in [2.45, 2.75) is 12.8 Å². The average molecular weight is 242 g/mol. The van der Waals surface area contributed by atoms with Crippen molar-refractivity contribution < 1.29 is 4.42 Å². The molecule has 15 heavy (non-hydrogen) atoms. The third kappa shape index (κ3) is 2.84. The second kappa shape index (κ2) is 4.84. The second-order valence-corrected chi connectivity index (χ2v) is 5.09. The van der Waals surface area contributed by atoms with E-state index < -0.39 is 0 Å². The van der Waals surface area contributed by atoms with Gasteiger partial charge < -0.3 is 10.2 Å². The fourth-order valence-corrected chi connectivity index (χ4v) is 2.51. The van der Waals surface area contributed by atoms with Crippen LogP contribution < -0.4 is 5.73 Å². The standard InChI is InChI=1S/C11H12ClNOS/c12-11-4-3-10(15-11)7-9-2-1-8(14-9)5-6-13/h1-4H,5-7,13H2. The molecule has 0 aromatic carbocycles. The summed E-state index contributed by atoms with van der Waals surface area (Å²) in [5.74, 6) is 1.92. The van der Waals surface area contributed by atoms with Gasteiger partial charge in [0.05, 0.1) is 4.34 Å². The SMILES string of the molecule is NCCc1ccc(Cc2ccc(Cl)s2)o1. The number of thiophene rings is 1. The van der Waals surface area contributed by atoms with Crippen molar-refractivity contribution in [3.05, 3.63) is 45.0 Å². The monoisotopic (exact) mass is 241 g/mol. The van der Waals surface area contributed by atoms with E-state index in [2.05, 4.69) is 0 Å². The molecule has 0 bridgehead atoms. The Kier molecular flexibility index (Phi) is 3.46. The normalized spacial score (nSPS) is 10.8. The molecular formula is C11H12ClNOS. The topological polar surface area (TPSA) is 39.2 Å². The van der Waals surface area contributed by atoms with E-state index in [9.17, 15) is 0 Å². The summed E-state index contributed by atoms with van der Waals surface area (Å²) in [4.78, 5) is 1.22. The van der Waals surface area contributed by atoms with E-state index in [0.717, 1.165) is 28.7 Å². The van der Waals surface area contributed by atoms with E-state index in [1.165, 1.54) is 4.88 Å². The molecule has 2 nitrogen and oxygen atoms in total. The van der Waals surface area contributed by atoms with Crippen LogP contribution in [0.4, 0.5) is 0 Å². The van der Waals surface area contributed by atoms with Crippen molar-refractivity contribution >= 4 is 22.9 Å². The van der Waals surface area contributed by atoms with Crippen LogP contribution in [0.15, 0.2) is 28.7 Å². The zero-order valence-electron chi connectivity index (χ0n) is 8.20. The molecule has 2 N–H and O–H groups in total. The summed E-state index contributed by atoms with van der Waals surface area (Å²) in [6.07, 6.45) is 1.60. The smallest absolute Gasteiger partial charge is 0.109 e. The molecule has 0 aliphatic heterocycles. The van der Waals surface area contributed by atoms with Gasteiger partial charge in [-0.15, -0.1) is 11.3 Å². The lowest BCUT2D eigenvalue weighted by molar-refractivity contribution is 0.475. The van der Waals surface area contributed by atoms with Crippen molar-refractivity contribution in [1.29, 1.82) is 0 Å². The van der Waals surface area contributed by atoms with Crippen LogP contribution in [0.25, 0.3) is 0 Å². The molecule has 0 aliphatic carbocycles. The third-order valence-electron chi connectivity index (χ3n) is 2.09. The van der Waals surface area contributed by atoms with E-state index in [1.807, 2.05) is 24.3 Å². The summed E-state index contributed by atoms with van der Waals surface area (Å²) in [7, 11) is 0. The number of nitrogens with two attached hydrogens (primary N) is 1.